The molecule has 3 N–H and O–H groups in total. The van der Waals surface area contributed by atoms with Gasteiger partial charge in [0.05, 0.1) is 5.75 Å². The summed E-state index contributed by atoms with van der Waals surface area (Å²) in [5.41, 5.74) is 6.81. The van der Waals surface area contributed by atoms with Crippen LogP contribution < -0.4 is 11.2 Å². The lowest BCUT2D eigenvalue weighted by molar-refractivity contribution is -0.135. The van der Waals surface area contributed by atoms with Gasteiger partial charge >= 0.3 is 0 Å². The minimum absolute atomic E-state index is 0.0142. The first-order valence-corrected chi connectivity index (χ1v) is 5.64. The summed E-state index contributed by atoms with van der Waals surface area (Å²) in [6, 6.07) is 6.11. The van der Waals surface area contributed by atoms with Crippen molar-refractivity contribution in [2.45, 2.75) is 4.90 Å². The number of nitrogens with one attached hydrogen (secondary N) is 1. The number of hydrogen-bond donors (Lipinski definition) is 2. The average molecular weight is 258 g/mol. The number of carbonyl (C=O) groups is 2. The number of hydroxylamine groups is 1. The van der Waals surface area contributed by atoms with E-state index >= 15 is 0 Å². The molecule has 0 aliphatic heterocycles. The maximum atomic E-state index is 13.2. The Morgan fingerprint density at radius 1 is 1.41 bits per heavy atom. The fourth-order valence-electron chi connectivity index (χ4n) is 0.922. The predicted molar refractivity (Wildman–Crippen MR) is 60.4 cm³/mol. The number of hydrogen-bond acceptors (Lipinski definition) is 4. The van der Waals surface area contributed by atoms with Crippen molar-refractivity contribution in [3.05, 3.63) is 30.1 Å². The summed E-state index contributed by atoms with van der Waals surface area (Å²) in [4.78, 5) is 26.3. The maximum Gasteiger partial charge on any atom is 0.253 e. The number of primary amides is 1. The first-order chi connectivity index (χ1) is 8.09. The van der Waals surface area contributed by atoms with Gasteiger partial charge in [0, 0.05) is 4.90 Å². The van der Waals surface area contributed by atoms with Crippen molar-refractivity contribution < 1.29 is 18.8 Å². The largest absolute Gasteiger partial charge is 0.368 e. The van der Waals surface area contributed by atoms with Gasteiger partial charge in [-0.05, 0) is 12.1 Å². The van der Waals surface area contributed by atoms with Crippen LogP contribution in [0.2, 0.25) is 0 Å². The molecule has 2 amide bonds. The number of carbonyl (C=O) groups excluding carboxylic acids is 2. The smallest absolute Gasteiger partial charge is 0.253 e. The number of amides is 2. The summed E-state index contributed by atoms with van der Waals surface area (Å²) in [5, 5.41) is 0. The number of benzene rings is 1. The molecule has 0 saturated heterocycles. The number of halogens is 1. The normalized spacial score (nSPS) is 9.94. The molecule has 0 radical (unpaired) electrons. The molecule has 7 heteroatoms. The molecule has 0 heterocycles. The third-order valence-electron chi connectivity index (χ3n) is 1.60. The van der Waals surface area contributed by atoms with E-state index in [-0.39, 0.29) is 11.6 Å². The Morgan fingerprint density at radius 3 is 2.76 bits per heavy atom. The van der Waals surface area contributed by atoms with E-state index < -0.39 is 18.4 Å². The van der Waals surface area contributed by atoms with E-state index in [1.807, 2.05) is 5.48 Å². The molecule has 0 fully saturated rings. The van der Waals surface area contributed by atoms with Crippen molar-refractivity contribution in [3.8, 4) is 0 Å². The van der Waals surface area contributed by atoms with Crippen LogP contribution in [0.5, 0.6) is 0 Å². The SMILES string of the molecule is NC(=O)CONC(=O)CSc1ccccc1F. The Hall–Kier alpha value is -1.60. The van der Waals surface area contributed by atoms with E-state index in [2.05, 4.69) is 4.84 Å². The van der Waals surface area contributed by atoms with Gasteiger partial charge in [-0.1, -0.05) is 12.1 Å². The third-order valence-corrected chi connectivity index (χ3v) is 2.64. The summed E-state index contributed by atoms with van der Waals surface area (Å²) in [6.07, 6.45) is 0. The molecule has 0 bridgehead atoms. The summed E-state index contributed by atoms with van der Waals surface area (Å²) >= 11 is 1.03. The standard InChI is InChI=1S/C10H11FN2O3S/c11-7-3-1-2-4-8(7)17-6-10(15)13-16-5-9(12)14/h1-4H,5-6H2,(H2,12,14)(H,13,15). The summed E-state index contributed by atoms with van der Waals surface area (Å²) in [5.74, 6) is -1.56. The van der Waals surface area contributed by atoms with Crippen LogP contribution in [-0.4, -0.2) is 24.2 Å². The molecule has 1 rings (SSSR count). The van der Waals surface area contributed by atoms with Crippen LogP contribution in [0.15, 0.2) is 29.2 Å². The zero-order valence-electron chi connectivity index (χ0n) is 8.81. The van der Waals surface area contributed by atoms with E-state index in [9.17, 15) is 14.0 Å². The lowest BCUT2D eigenvalue weighted by atomic mass is 10.3. The van der Waals surface area contributed by atoms with Gasteiger partial charge in [-0.25, -0.2) is 9.87 Å². The molecule has 1 aromatic carbocycles. The van der Waals surface area contributed by atoms with Gasteiger partial charge in [-0.2, -0.15) is 0 Å². The molecule has 0 aromatic heterocycles. The van der Waals surface area contributed by atoms with Crippen LogP contribution in [0, 0.1) is 5.82 Å². The zero-order chi connectivity index (χ0) is 12.7. The molecular formula is C10H11FN2O3S. The monoisotopic (exact) mass is 258 g/mol. The summed E-state index contributed by atoms with van der Waals surface area (Å²) in [6.45, 7) is -0.393. The number of thioether (sulfide) groups is 1. The van der Waals surface area contributed by atoms with Gasteiger partial charge in [0.2, 0.25) is 5.91 Å². The van der Waals surface area contributed by atoms with E-state index in [1.54, 1.807) is 18.2 Å². The minimum Gasteiger partial charge on any atom is -0.368 e. The van der Waals surface area contributed by atoms with Crippen LogP contribution in [0.3, 0.4) is 0 Å². The Morgan fingerprint density at radius 2 is 2.12 bits per heavy atom. The van der Waals surface area contributed by atoms with Crippen molar-refractivity contribution in [1.29, 1.82) is 0 Å². The second kappa shape index (κ2) is 6.87. The Labute approximate surface area is 101 Å². The van der Waals surface area contributed by atoms with Crippen molar-refractivity contribution in [1.82, 2.24) is 5.48 Å². The minimum atomic E-state index is -0.688. The molecule has 0 aliphatic carbocycles. The molecule has 92 valence electrons. The van der Waals surface area contributed by atoms with Gasteiger partial charge < -0.3 is 5.73 Å². The van der Waals surface area contributed by atoms with Crippen molar-refractivity contribution in [2.24, 2.45) is 5.73 Å². The van der Waals surface area contributed by atoms with Gasteiger partial charge in [0.25, 0.3) is 5.91 Å². The highest BCUT2D eigenvalue weighted by Gasteiger charge is 2.06. The molecular weight excluding hydrogens is 247 g/mol. The maximum absolute atomic E-state index is 13.2. The molecule has 0 saturated carbocycles. The molecule has 0 unspecified atom stereocenters. The van der Waals surface area contributed by atoms with Crippen LogP contribution in [-0.2, 0) is 14.4 Å². The Balaban J connectivity index is 2.29. The first kappa shape index (κ1) is 13.5. The summed E-state index contributed by atoms with van der Waals surface area (Å²) in [7, 11) is 0. The van der Waals surface area contributed by atoms with E-state index in [1.165, 1.54) is 6.07 Å². The molecule has 1 aromatic rings. The van der Waals surface area contributed by atoms with E-state index in [4.69, 9.17) is 5.73 Å². The van der Waals surface area contributed by atoms with E-state index in [0.29, 0.717) is 4.90 Å². The summed E-state index contributed by atoms with van der Waals surface area (Å²) < 4.78 is 13.2. The fourth-order valence-corrected chi connectivity index (χ4v) is 1.65. The molecule has 0 aliphatic rings. The second-order valence-corrected chi connectivity index (χ2v) is 4.02. The van der Waals surface area contributed by atoms with E-state index in [0.717, 1.165) is 11.8 Å². The number of nitrogens with two attached hydrogens (primary N) is 1. The second-order valence-electron chi connectivity index (χ2n) is 3.00. The van der Waals surface area contributed by atoms with Crippen LogP contribution >= 0.6 is 11.8 Å². The van der Waals surface area contributed by atoms with Crippen molar-refractivity contribution in [2.75, 3.05) is 12.4 Å². The molecule has 17 heavy (non-hydrogen) atoms. The van der Waals surface area contributed by atoms with Crippen molar-refractivity contribution >= 4 is 23.6 Å². The highest BCUT2D eigenvalue weighted by atomic mass is 32.2. The fraction of sp³-hybridized carbons (Fsp3) is 0.200. The van der Waals surface area contributed by atoms with Gasteiger partial charge in [0.1, 0.15) is 5.82 Å². The zero-order valence-corrected chi connectivity index (χ0v) is 9.63. The number of rotatable bonds is 6. The first-order valence-electron chi connectivity index (χ1n) is 4.66. The Kier molecular flexibility index (Phi) is 5.44. The van der Waals surface area contributed by atoms with Gasteiger partial charge in [-0.15, -0.1) is 11.8 Å². The van der Waals surface area contributed by atoms with Gasteiger partial charge in [0.15, 0.2) is 6.61 Å². The van der Waals surface area contributed by atoms with Gasteiger partial charge in [-0.3, -0.25) is 14.4 Å². The highest BCUT2D eigenvalue weighted by Crippen LogP contribution is 2.20. The highest BCUT2D eigenvalue weighted by molar-refractivity contribution is 8.00. The molecule has 5 nitrogen and oxygen atoms in total. The third kappa shape index (κ3) is 5.32. The molecule has 0 atom stereocenters. The van der Waals surface area contributed by atoms with Crippen molar-refractivity contribution in [3.63, 3.8) is 0 Å². The quantitative estimate of drug-likeness (QED) is 0.573. The lowest BCUT2D eigenvalue weighted by Gasteiger charge is -2.04. The predicted octanol–water partition coefficient (Wildman–Crippen LogP) is 0.451. The van der Waals surface area contributed by atoms with Crippen LogP contribution in [0.1, 0.15) is 0 Å². The average Bonchev–Trinajstić information content (AvgIpc) is 2.27. The topological polar surface area (TPSA) is 81.4 Å². The van der Waals surface area contributed by atoms with Crippen LogP contribution in [0.4, 0.5) is 4.39 Å². The van der Waals surface area contributed by atoms with Crippen LogP contribution in [0.25, 0.3) is 0 Å². The lowest BCUT2D eigenvalue weighted by Crippen LogP contribution is -2.30. The molecule has 0 spiro atoms. The Bertz CT molecular complexity index is 414.